The summed E-state index contributed by atoms with van der Waals surface area (Å²) in [4.78, 5) is 2.33. The van der Waals surface area contributed by atoms with Crippen molar-refractivity contribution in [2.24, 2.45) is 0 Å². The summed E-state index contributed by atoms with van der Waals surface area (Å²) >= 11 is 0. The predicted octanol–water partition coefficient (Wildman–Crippen LogP) is 3.38. The molecule has 1 heterocycles. The fourth-order valence-corrected chi connectivity index (χ4v) is 2.40. The van der Waals surface area contributed by atoms with Gasteiger partial charge in [-0.15, -0.1) is 0 Å². The Morgan fingerprint density at radius 1 is 1.26 bits per heavy atom. The number of hydrogen-bond donors (Lipinski definition) is 1. The summed E-state index contributed by atoms with van der Waals surface area (Å²) in [7, 11) is 4.14. The van der Waals surface area contributed by atoms with Crippen molar-refractivity contribution >= 4 is 11.0 Å². The molecule has 104 valence electrons. The molecule has 1 aromatic heterocycles. The van der Waals surface area contributed by atoms with Crippen LogP contribution in [0.4, 0.5) is 0 Å². The molecular formula is C16H24N2O. The number of benzene rings is 1. The Morgan fingerprint density at radius 2 is 2.05 bits per heavy atom. The van der Waals surface area contributed by atoms with Crippen LogP contribution in [0.3, 0.4) is 0 Å². The van der Waals surface area contributed by atoms with Crippen molar-refractivity contribution in [2.45, 2.75) is 32.9 Å². The highest BCUT2D eigenvalue weighted by molar-refractivity contribution is 5.82. The van der Waals surface area contributed by atoms with Crippen molar-refractivity contribution in [1.29, 1.82) is 0 Å². The van der Waals surface area contributed by atoms with Crippen LogP contribution >= 0.6 is 0 Å². The summed E-state index contributed by atoms with van der Waals surface area (Å²) < 4.78 is 6.02. The third kappa shape index (κ3) is 3.37. The van der Waals surface area contributed by atoms with Crippen LogP contribution in [0.2, 0.25) is 0 Å². The molecular weight excluding hydrogens is 236 g/mol. The minimum absolute atomic E-state index is 0.855. The van der Waals surface area contributed by atoms with Crippen LogP contribution in [-0.4, -0.2) is 25.5 Å². The van der Waals surface area contributed by atoms with E-state index in [0.717, 1.165) is 31.0 Å². The van der Waals surface area contributed by atoms with Gasteiger partial charge in [0.15, 0.2) is 0 Å². The van der Waals surface area contributed by atoms with Gasteiger partial charge in [-0.05, 0) is 33.1 Å². The zero-order valence-corrected chi connectivity index (χ0v) is 12.2. The Labute approximate surface area is 115 Å². The minimum Gasteiger partial charge on any atom is -0.459 e. The number of furan rings is 1. The van der Waals surface area contributed by atoms with Crippen molar-refractivity contribution < 1.29 is 4.42 Å². The number of nitrogens with zero attached hydrogens (tertiary/aromatic N) is 1. The molecule has 3 heteroatoms. The van der Waals surface area contributed by atoms with E-state index in [1.807, 2.05) is 19.2 Å². The molecule has 0 aliphatic rings. The van der Waals surface area contributed by atoms with Crippen molar-refractivity contribution in [2.75, 3.05) is 20.6 Å². The predicted molar refractivity (Wildman–Crippen MR) is 80.2 cm³/mol. The van der Waals surface area contributed by atoms with Gasteiger partial charge in [0.1, 0.15) is 11.3 Å². The van der Waals surface area contributed by atoms with Gasteiger partial charge in [0.2, 0.25) is 0 Å². The van der Waals surface area contributed by atoms with E-state index in [2.05, 4.69) is 36.3 Å². The van der Waals surface area contributed by atoms with Crippen molar-refractivity contribution in [3.05, 3.63) is 35.6 Å². The van der Waals surface area contributed by atoms with Gasteiger partial charge in [-0.25, -0.2) is 0 Å². The number of hydrogen-bond acceptors (Lipinski definition) is 3. The molecule has 0 aliphatic carbocycles. The van der Waals surface area contributed by atoms with Gasteiger partial charge in [0.25, 0.3) is 0 Å². The van der Waals surface area contributed by atoms with Gasteiger partial charge in [-0.2, -0.15) is 0 Å². The smallest absolute Gasteiger partial charge is 0.134 e. The fourth-order valence-electron chi connectivity index (χ4n) is 2.40. The molecule has 0 atom stereocenters. The molecule has 0 amide bonds. The van der Waals surface area contributed by atoms with E-state index >= 15 is 0 Å². The Hall–Kier alpha value is -1.32. The van der Waals surface area contributed by atoms with Crippen LogP contribution in [0.1, 0.15) is 31.1 Å². The lowest BCUT2D eigenvalue weighted by molar-refractivity contribution is 0.292. The molecule has 3 nitrogen and oxygen atoms in total. The summed E-state index contributed by atoms with van der Waals surface area (Å²) in [6.07, 6.45) is 2.46. The van der Waals surface area contributed by atoms with Crippen molar-refractivity contribution in [1.82, 2.24) is 10.2 Å². The maximum atomic E-state index is 6.02. The van der Waals surface area contributed by atoms with Crippen LogP contribution in [0.15, 0.2) is 28.7 Å². The molecule has 2 rings (SSSR count). The average molecular weight is 260 g/mol. The number of nitrogens with one attached hydrogen (secondary N) is 1. The first-order valence-corrected chi connectivity index (χ1v) is 7.08. The maximum absolute atomic E-state index is 6.02. The highest BCUT2D eigenvalue weighted by Crippen LogP contribution is 2.26. The highest BCUT2D eigenvalue weighted by atomic mass is 16.3. The second kappa shape index (κ2) is 6.73. The second-order valence-corrected chi connectivity index (χ2v) is 5.12. The normalized spacial score (nSPS) is 11.6. The van der Waals surface area contributed by atoms with E-state index in [-0.39, 0.29) is 0 Å². The Kier molecular flexibility index (Phi) is 5.00. The van der Waals surface area contributed by atoms with Crippen LogP contribution in [0.5, 0.6) is 0 Å². The topological polar surface area (TPSA) is 28.4 Å². The number of fused-ring (bicyclic) bond motifs is 1. The van der Waals surface area contributed by atoms with Gasteiger partial charge < -0.3 is 9.73 Å². The minimum atomic E-state index is 0.855. The maximum Gasteiger partial charge on any atom is 0.134 e. The first-order valence-electron chi connectivity index (χ1n) is 7.08. The van der Waals surface area contributed by atoms with E-state index in [4.69, 9.17) is 4.42 Å². The van der Waals surface area contributed by atoms with E-state index < -0.39 is 0 Å². The van der Waals surface area contributed by atoms with E-state index in [0.29, 0.717) is 0 Å². The molecule has 0 saturated heterocycles. The van der Waals surface area contributed by atoms with Crippen LogP contribution in [0.25, 0.3) is 11.0 Å². The molecule has 19 heavy (non-hydrogen) atoms. The molecule has 0 aliphatic heterocycles. The summed E-state index contributed by atoms with van der Waals surface area (Å²) in [5, 5.41) is 4.47. The van der Waals surface area contributed by atoms with Gasteiger partial charge in [-0.1, -0.05) is 31.5 Å². The van der Waals surface area contributed by atoms with Gasteiger partial charge in [0.05, 0.1) is 6.54 Å². The first-order chi connectivity index (χ1) is 9.26. The van der Waals surface area contributed by atoms with Crippen LogP contribution in [-0.2, 0) is 13.1 Å². The second-order valence-electron chi connectivity index (χ2n) is 5.12. The Bertz CT molecular complexity index is 518. The Balaban J connectivity index is 2.23. The summed E-state index contributed by atoms with van der Waals surface area (Å²) in [5.41, 5.74) is 2.29. The van der Waals surface area contributed by atoms with E-state index in [9.17, 15) is 0 Å². The molecule has 1 aromatic carbocycles. The Morgan fingerprint density at radius 3 is 2.79 bits per heavy atom. The lowest BCUT2D eigenvalue weighted by atomic mass is 10.1. The van der Waals surface area contributed by atoms with Crippen molar-refractivity contribution in [3.8, 4) is 0 Å². The van der Waals surface area contributed by atoms with Gasteiger partial charge in [0, 0.05) is 17.5 Å². The molecule has 1 N–H and O–H groups in total. The number of para-hydroxylation sites is 1. The molecule has 0 bridgehead atoms. The molecule has 0 saturated carbocycles. The van der Waals surface area contributed by atoms with Crippen molar-refractivity contribution in [3.63, 3.8) is 0 Å². The molecule has 0 unspecified atom stereocenters. The first kappa shape index (κ1) is 14.1. The summed E-state index contributed by atoms with van der Waals surface area (Å²) in [6.45, 7) is 5.08. The van der Waals surface area contributed by atoms with Gasteiger partial charge in [-0.3, -0.25) is 4.90 Å². The lowest BCUT2D eigenvalue weighted by Crippen LogP contribution is -2.20. The average Bonchev–Trinajstić information content (AvgIpc) is 2.75. The fraction of sp³-hybridized carbons (Fsp3) is 0.500. The third-order valence-corrected chi connectivity index (χ3v) is 3.44. The standard InChI is InChI=1S/C16H24N2O/c1-4-5-10-18(3)12-16-14(11-17-2)13-8-6-7-9-15(13)19-16/h6-9,17H,4-5,10-12H2,1-3H3. The van der Waals surface area contributed by atoms with Crippen LogP contribution in [0, 0.1) is 0 Å². The molecule has 0 radical (unpaired) electrons. The molecule has 0 fully saturated rings. The lowest BCUT2D eigenvalue weighted by Gasteiger charge is -2.15. The number of rotatable bonds is 7. The molecule has 2 aromatic rings. The van der Waals surface area contributed by atoms with E-state index in [1.165, 1.54) is 23.8 Å². The quantitative estimate of drug-likeness (QED) is 0.827. The summed E-state index contributed by atoms with van der Waals surface area (Å²) in [6, 6.07) is 8.28. The zero-order chi connectivity index (χ0) is 13.7. The molecule has 0 spiro atoms. The zero-order valence-electron chi connectivity index (χ0n) is 12.2. The highest BCUT2D eigenvalue weighted by Gasteiger charge is 2.14. The third-order valence-electron chi connectivity index (χ3n) is 3.44. The monoisotopic (exact) mass is 260 g/mol. The summed E-state index contributed by atoms with van der Waals surface area (Å²) in [5.74, 6) is 1.09. The van der Waals surface area contributed by atoms with E-state index in [1.54, 1.807) is 0 Å². The number of unbranched alkanes of at least 4 members (excludes halogenated alkanes) is 1. The van der Waals surface area contributed by atoms with Gasteiger partial charge >= 0.3 is 0 Å². The SMILES string of the molecule is CCCCN(C)Cc1oc2ccccc2c1CNC. The van der Waals surface area contributed by atoms with Crippen LogP contribution < -0.4 is 5.32 Å². The largest absolute Gasteiger partial charge is 0.459 e.